The van der Waals surface area contributed by atoms with E-state index in [4.69, 9.17) is 0 Å². The zero-order valence-corrected chi connectivity index (χ0v) is 11.6. The summed E-state index contributed by atoms with van der Waals surface area (Å²) in [5.41, 5.74) is -3.51. The van der Waals surface area contributed by atoms with Crippen LogP contribution in [-0.2, 0) is 12.4 Å². The zero-order chi connectivity index (χ0) is 17.9. The van der Waals surface area contributed by atoms with Crippen LogP contribution in [0, 0.1) is 0 Å². The molecule has 0 fully saturated rings. The van der Waals surface area contributed by atoms with Crippen molar-refractivity contribution in [3.8, 4) is 11.4 Å². The van der Waals surface area contributed by atoms with Gasteiger partial charge in [0.1, 0.15) is 5.69 Å². The van der Waals surface area contributed by atoms with Crippen LogP contribution in [-0.4, -0.2) is 15.8 Å². The molecule has 3 rings (SSSR count). The van der Waals surface area contributed by atoms with Gasteiger partial charge in [0, 0.05) is 23.5 Å². The minimum Gasteiger partial charge on any atom is -0.289 e. The summed E-state index contributed by atoms with van der Waals surface area (Å²) in [6, 6.07) is 1.28. The average Bonchev–Trinajstić information content (AvgIpc) is 2.49. The maximum absolute atomic E-state index is 12.8. The van der Waals surface area contributed by atoms with Gasteiger partial charge in [0.2, 0.25) is 0 Å². The van der Waals surface area contributed by atoms with Gasteiger partial charge in [-0.25, -0.2) is 0 Å². The first-order valence-electron chi connectivity index (χ1n) is 6.39. The summed E-state index contributed by atoms with van der Waals surface area (Å²) in [7, 11) is 0. The molecular weight excluding hydrogens is 338 g/mol. The normalized spacial score (nSPS) is 14.4. The molecule has 3 nitrogen and oxygen atoms in total. The van der Waals surface area contributed by atoms with E-state index < -0.39 is 34.8 Å². The van der Waals surface area contributed by atoms with E-state index in [0.717, 1.165) is 0 Å². The number of fused-ring (bicyclic) bond motifs is 3. The second-order valence-corrected chi connectivity index (χ2v) is 5.04. The van der Waals surface area contributed by atoms with Gasteiger partial charge >= 0.3 is 12.4 Å². The van der Waals surface area contributed by atoms with Crippen LogP contribution in [0.15, 0.2) is 31.1 Å². The standard InChI is InChI=1S/C15H6F6N2O/c1-6-9-2-7(14(16,17)18)4-22-11(9)12-10(13(6)24)3-8(5-23-12)15(19,20)21/h2-5H,1H2. The molecule has 0 radical (unpaired) electrons. The van der Waals surface area contributed by atoms with Gasteiger partial charge in [0.25, 0.3) is 0 Å². The lowest BCUT2D eigenvalue weighted by atomic mass is 9.86. The number of pyridine rings is 2. The summed E-state index contributed by atoms with van der Waals surface area (Å²) < 4.78 is 76.5. The minimum atomic E-state index is -4.71. The number of alkyl halides is 6. The molecule has 0 aromatic carbocycles. The molecule has 124 valence electrons. The average molecular weight is 344 g/mol. The maximum atomic E-state index is 12.8. The van der Waals surface area contributed by atoms with Crippen molar-refractivity contribution < 1.29 is 31.1 Å². The van der Waals surface area contributed by atoms with E-state index in [2.05, 4.69) is 16.5 Å². The smallest absolute Gasteiger partial charge is 0.289 e. The van der Waals surface area contributed by atoms with E-state index in [1.54, 1.807) is 0 Å². The molecule has 2 heterocycles. The van der Waals surface area contributed by atoms with Crippen molar-refractivity contribution in [2.45, 2.75) is 12.4 Å². The van der Waals surface area contributed by atoms with Crippen molar-refractivity contribution in [2.24, 2.45) is 0 Å². The fourth-order valence-corrected chi connectivity index (χ4v) is 2.30. The Labute approximate surface area is 130 Å². The summed E-state index contributed by atoms with van der Waals surface area (Å²) >= 11 is 0. The SMILES string of the molecule is C=C1C(=O)c2cc(C(F)(F)F)cnc2-c2ncc(C(F)(F)F)cc21. The highest BCUT2D eigenvalue weighted by Crippen LogP contribution is 2.40. The van der Waals surface area contributed by atoms with Crippen molar-refractivity contribution in [1.82, 2.24) is 9.97 Å². The van der Waals surface area contributed by atoms with Crippen LogP contribution in [0.3, 0.4) is 0 Å². The van der Waals surface area contributed by atoms with E-state index in [1.165, 1.54) is 0 Å². The molecule has 0 N–H and O–H groups in total. The molecule has 0 bridgehead atoms. The molecule has 1 aliphatic carbocycles. The molecule has 0 atom stereocenters. The first-order valence-corrected chi connectivity index (χ1v) is 6.39. The number of hydrogen-bond acceptors (Lipinski definition) is 3. The largest absolute Gasteiger partial charge is 0.417 e. The van der Waals surface area contributed by atoms with E-state index in [1.807, 2.05) is 0 Å². The third kappa shape index (κ3) is 2.45. The molecule has 0 amide bonds. The van der Waals surface area contributed by atoms with E-state index in [9.17, 15) is 31.1 Å². The van der Waals surface area contributed by atoms with Crippen LogP contribution in [0.25, 0.3) is 17.0 Å². The summed E-state index contributed by atoms with van der Waals surface area (Å²) in [5, 5.41) is 0. The number of halogens is 6. The Morgan fingerprint density at radius 3 is 1.67 bits per heavy atom. The van der Waals surface area contributed by atoms with Gasteiger partial charge in [0.05, 0.1) is 22.4 Å². The molecule has 0 saturated heterocycles. The fourth-order valence-electron chi connectivity index (χ4n) is 2.30. The van der Waals surface area contributed by atoms with Gasteiger partial charge in [0.15, 0.2) is 5.78 Å². The lowest BCUT2D eigenvalue weighted by Crippen LogP contribution is -2.17. The Kier molecular flexibility index (Phi) is 3.29. The molecular formula is C15H6F6N2O. The van der Waals surface area contributed by atoms with Gasteiger partial charge in [-0.2, -0.15) is 26.3 Å². The Bertz CT molecular complexity index is 809. The second kappa shape index (κ2) is 4.89. The molecule has 0 unspecified atom stereocenters. The number of hydrogen-bond donors (Lipinski definition) is 0. The fraction of sp³-hybridized carbons (Fsp3) is 0.133. The number of carbonyl (C=O) groups is 1. The van der Waals surface area contributed by atoms with Crippen molar-refractivity contribution in [3.05, 3.63) is 53.4 Å². The molecule has 9 heteroatoms. The van der Waals surface area contributed by atoms with Crippen molar-refractivity contribution in [3.63, 3.8) is 0 Å². The lowest BCUT2D eigenvalue weighted by molar-refractivity contribution is -0.138. The van der Waals surface area contributed by atoms with Gasteiger partial charge in [-0.1, -0.05) is 6.58 Å². The summed E-state index contributed by atoms with van der Waals surface area (Å²) in [6.45, 7) is 3.38. The third-order valence-corrected chi connectivity index (χ3v) is 3.50. The molecule has 0 saturated carbocycles. The maximum Gasteiger partial charge on any atom is 0.417 e. The number of rotatable bonds is 0. The summed E-state index contributed by atoms with van der Waals surface area (Å²) in [5.74, 6) is -0.919. The van der Waals surface area contributed by atoms with Crippen LogP contribution in [0.1, 0.15) is 27.0 Å². The summed E-state index contributed by atoms with van der Waals surface area (Å²) in [6.07, 6.45) is -8.36. The highest BCUT2D eigenvalue weighted by molar-refractivity contribution is 6.33. The molecule has 1 aliphatic rings. The predicted molar refractivity (Wildman–Crippen MR) is 70.8 cm³/mol. The zero-order valence-electron chi connectivity index (χ0n) is 11.6. The van der Waals surface area contributed by atoms with Crippen LogP contribution in [0.4, 0.5) is 26.3 Å². The first-order chi connectivity index (χ1) is 11.0. The van der Waals surface area contributed by atoms with Crippen molar-refractivity contribution >= 4 is 11.4 Å². The summed E-state index contributed by atoms with van der Waals surface area (Å²) in [4.78, 5) is 19.4. The molecule has 0 aliphatic heterocycles. The van der Waals surface area contributed by atoms with Crippen molar-refractivity contribution in [2.75, 3.05) is 0 Å². The number of ketones is 1. The monoisotopic (exact) mass is 344 g/mol. The van der Waals surface area contributed by atoms with Gasteiger partial charge in [-0.05, 0) is 12.1 Å². The number of aromatic nitrogens is 2. The Balaban J connectivity index is 2.24. The van der Waals surface area contributed by atoms with Crippen LogP contribution in [0.5, 0.6) is 0 Å². The van der Waals surface area contributed by atoms with Crippen LogP contribution < -0.4 is 0 Å². The molecule has 2 aromatic rings. The molecule has 2 aromatic heterocycles. The van der Waals surface area contributed by atoms with E-state index in [-0.39, 0.29) is 22.5 Å². The third-order valence-electron chi connectivity index (χ3n) is 3.50. The Morgan fingerprint density at radius 1 is 0.792 bits per heavy atom. The Morgan fingerprint density at radius 2 is 1.21 bits per heavy atom. The number of allylic oxidation sites excluding steroid dienone is 1. The highest BCUT2D eigenvalue weighted by Gasteiger charge is 2.37. The van der Waals surface area contributed by atoms with Gasteiger partial charge in [-0.3, -0.25) is 14.8 Å². The van der Waals surface area contributed by atoms with E-state index >= 15 is 0 Å². The number of carbonyl (C=O) groups excluding carboxylic acids is 1. The van der Waals surface area contributed by atoms with Crippen LogP contribution in [0.2, 0.25) is 0 Å². The minimum absolute atomic E-state index is 0.115. The first kappa shape index (κ1) is 16.2. The highest BCUT2D eigenvalue weighted by atomic mass is 19.4. The predicted octanol–water partition coefficient (Wildman–Crippen LogP) is 4.39. The number of Topliss-reactive ketones (excluding diaryl/α,β-unsaturated/α-hetero) is 1. The second-order valence-electron chi connectivity index (χ2n) is 5.04. The van der Waals surface area contributed by atoms with Crippen molar-refractivity contribution in [1.29, 1.82) is 0 Å². The number of nitrogens with zero attached hydrogens (tertiary/aromatic N) is 2. The molecule has 24 heavy (non-hydrogen) atoms. The Hall–Kier alpha value is -2.71. The topological polar surface area (TPSA) is 42.9 Å². The lowest BCUT2D eigenvalue weighted by Gasteiger charge is -2.21. The van der Waals surface area contributed by atoms with Crippen LogP contribution >= 0.6 is 0 Å². The molecule has 0 spiro atoms. The quantitative estimate of drug-likeness (QED) is 0.526. The van der Waals surface area contributed by atoms with Gasteiger partial charge in [-0.15, -0.1) is 0 Å². The van der Waals surface area contributed by atoms with E-state index in [0.29, 0.717) is 24.5 Å². The van der Waals surface area contributed by atoms with Gasteiger partial charge < -0.3 is 0 Å².